The Kier molecular flexibility index (Phi) is 9.49. The SMILES string of the molecule is CCCCCCCC(NCCC)C1(OC)CCOCC1. The molecule has 1 fully saturated rings. The Morgan fingerprint density at radius 3 is 2.35 bits per heavy atom. The molecule has 1 N–H and O–H groups in total. The summed E-state index contributed by atoms with van der Waals surface area (Å²) in [6, 6.07) is 0.484. The first kappa shape index (κ1) is 17.9. The van der Waals surface area contributed by atoms with Crippen molar-refractivity contribution in [1.29, 1.82) is 0 Å². The van der Waals surface area contributed by atoms with E-state index in [4.69, 9.17) is 9.47 Å². The third kappa shape index (κ3) is 5.71. The van der Waals surface area contributed by atoms with Crippen LogP contribution < -0.4 is 5.32 Å². The van der Waals surface area contributed by atoms with Gasteiger partial charge in [0.2, 0.25) is 0 Å². The average molecular weight is 285 g/mol. The molecule has 0 aromatic rings. The van der Waals surface area contributed by atoms with Crippen LogP contribution >= 0.6 is 0 Å². The molecular formula is C17H35NO2. The van der Waals surface area contributed by atoms with Crippen molar-refractivity contribution in [3.63, 3.8) is 0 Å². The fourth-order valence-corrected chi connectivity index (χ4v) is 3.23. The fourth-order valence-electron chi connectivity index (χ4n) is 3.23. The molecule has 1 saturated heterocycles. The van der Waals surface area contributed by atoms with Gasteiger partial charge in [-0.15, -0.1) is 0 Å². The van der Waals surface area contributed by atoms with Gasteiger partial charge in [-0.3, -0.25) is 0 Å². The maximum Gasteiger partial charge on any atom is 0.0874 e. The van der Waals surface area contributed by atoms with Crippen molar-refractivity contribution >= 4 is 0 Å². The van der Waals surface area contributed by atoms with Gasteiger partial charge in [-0.25, -0.2) is 0 Å². The number of ether oxygens (including phenoxy) is 2. The smallest absolute Gasteiger partial charge is 0.0874 e. The van der Waals surface area contributed by atoms with Crippen LogP contribution in [0.1, 0.15) is 71.6 Å². The highest BCUT2D eigenvalue weighted by molar-refractivity contribution is 4.94. The van der Waals surface area contributed by atoms with E-state index in [1.54, 1.807) is 0 Å². The number of nitrogens with one attached hydrogen (secondary N) is 1. The minimum Gasteiger partial charge on any atom is -0.381 e. The monoisotopic (exact) mass is 285 g/mol. The Morgan fingerprint density at radius 2 is 1.75 bits per heavy atom. The number of rotatable bonds is 11. The van der Waals surface area contributed by atoms with Crippen LogP contribution in [-0.4, -0.2) is 38.5 Å². The van der Waals surface area contributed by atoms with Gasteiger partial charge in [0.15, 0.2) is 0 Å². The van der Waals surface area contributed by atoms with Gasteiger partial charge in [0.05, 0.1) is 5.60 Å². The van der Waals surface area contributed by atoms with Crippen LogP contribution in [0, 0.1) is 0 Å². The first-order valence-corrected chi connectivity index (χ1v) is 8.65. The summed E-state index contributed by atoms with van der Waals surface area (Å²) in [7, 11) is 1.88. The van der Waals surface area contributed by atoms with Gasteiger partial charge in [0.1, 0.15) is 0 Å². The number of hydrogen-bond acceptors (Lipinski definition) is 3. The van der Waals surface area contributed by atoms with E-state index < -0.39 is 0 Å². The molecular weight excluding hydrogens is 250 g/mol. The van der Waals surface area contributed by atoms with Crippen LogP contribution in [0.25, 0.3) is 0 Å². The van der Waals surface area contributed by atoms with Crippen molar-refractivity contribution in [2.24, 2.45) is 0 Å². The molecule has 3 heteroatoms. The molecule has 20 heavy (non-hydrogen) atoms. The van der Waals surface area contributed by atoms with Crippen molar-refractivity contribution in [3.05, 3.63) is 0 Å². The van der Waals surface area contributed by atoms with Gasteiger partial charge in [0.25, 0.3) is 0 Å². The van der Waals surface area contributed by atoms with E-state index in [1.165, 1.54) is 44.9 Å². The number of methoxy groups -OCH3 is 1. The van der Waals surface area contributed by atoms with Crippen LogP contribution in [0.2, 0.25) is 0 Å². The fraction of sp³-hybridized carbons (Fsp3) is 1.00. The van der Waals surface area contributed by atoms with Gasteiger partial charge < -0.3 is 14.8 Å². The van der Waals surface area contributed by atoms with Gasteiger partial charge >= 0.3 is 0 Å². The van der Waals surface area contributed by atoms with E-state index in [9.17, 15) is 0 Å². The Balaban J connectivity index is 2.47. The molecule has 0 aromatic heterocycles. The van der Waals surface area contributed by atoms with E-state index in [1.807, 2.05) is 7.11 Å². The van der Waals surface area contributed by atoms with Crippen LogP contribution in [0.4, 0.5) is 0 Å². The second kappa shape index (κ2) is 10.6. The third-order valence-electron chi connectivity index (χ3n) is 4.62. The highest BCUT2D eigenvalue weighted by Gasteiger charge is 2.39. The van der Waals surface area contributed by atoms with Crippen molar-refractivity contribution < 1.29 is 9.47 Å². The summed E-state index contributed by atoms with van der Waals surface area (Å²) in [5, 5.41) is 3.74. The molecule has 120 valence electrons. The number of hydrogen-bond donors (Lipinski definition) is 1. The first-order valence-electron chi connectivity index (χ1n) is 8.65. The van der Waals surface area contributed by atoms with Crippen LogP contribution in [0.15, 0.2) is 0 Å². The highest BCUT2D eigenvalue weighted by Crippen LogP contribution is 2.31. The highest BCUT2D eigenvalue weighted by atomic mass is 16.5. The van der Waals surface area contributed by atoms with Crippen molar-refractivity contribution in [2.75, 3.05) is 26.9 Å². The molecule has 0 aliphatic carbocycles. The molecule has 0 aromatic carbocycles. The van der Waals surface area contributed by atoms with E-state index in [0.29, 0.717) is 6.04 Å². The zero-order valence-corrected chi connectivity index (χ0v) is 13.9. The van der Waals surface area contributed by atoms with E-state index in [2.05, 4.69) is 19.2 Å². The Hall–Kier alpha value is -0.120. The largest absolute Gasteiger partial charge is 0.381 e. The van der Waals surface area contributed by atoms with Crippen molar-refractivity contribution in [2.45, 2.75) is 83.3 Å². The molecule has 0 amide bonds. The first-order chi connectivity index (χ1) is 9.79. The van der Waals surface area contributed by atoms with Crippen molar-refractivity contribution in [1.82, 2.24) is 5.32 Å². The minimum absolute atomic E-state index is 0.00181. The lowest BCUT2D eigenvalue weighted by atomic mass is 9.83. The summed E-state index contributed by atoms with van der Waals surface area (Å²) in [6.07, 6.45) is 11.2. The Bertz CT molecular complexity index is 227. The molecule has 3 nitrogen and oxygen atoms in total. The predicted octanol–water partition coefficient (Wildman–Crippen LogP) is 3.91. The molecule has 0 radical (unpaired) electrons. The standard InChI is InChI=1S/C17H35NO2/c1-4-6-7-8-9-10-16(18-13-5-2)17(19-3)11-14-20-15-12-17/h16,18H,4-15H2,1-3H3. The van der Waals surface area contributed by atoms with Crippen molar-refractivity contribution in [3.8, 4) is 0 Å². The van der Waals surface area contributed by atoms with Gasteiger partial charge in [-0.05, 0) is 19.4 Å². The Morgan fingerprint density at radius 1 is 1.05 bits per heavy atom. The zero-order chi connectivity index (χ0) is 14.7. The molecule has 0 saturated carbocycles. The summed E-state index contributed by atoms with van der Waals surface area (Å²) in [6.45, 7) is 7.27. The quantitative estimate of drug-likeness (QED) is 0.584. The van der Waals surface area contributed by atoms with Gasteiger partial charge in [0, 0.05) is 39.2 Å². The molecule has 0 bridgehead atoms. The maximum absolute atomic E-state index is 5.97. The summed E-state index contributed by atoms with van der Waals surface area (Å²) in [5.74, 6) is 0. The lowest BCUT2D eigenvalue weighted by molar-refractivity contribution is -0.112. The summed E-state index contributed by atoms with van der Waals surface area (Å²) >= 11 is 0. The molecule has 1 aliphatic heterocycles. The summed E-state index contributed by atoms with van der Waals surface area (Å²) in [4.78, 5) is 0. The summed E-state index contributed by atoms with van der Waals surface area (Å²) in [5.41, 5.74) is -0.00181. The van der Waals surface area contributed by atoms with E-state index >= 15 is 0 Å². The molecule has 1 rings (SSSR count). The Labute approximate surface area is 125 Å². The molecule has 1 atom stereocenters. The maximum atomic E-state index is 5.97. The molecule has 1 aliphatic rings. The lowest BCUT2D eigenvalue weighted by Crippen LogP contribution is -2.55. The third-order valence-corrected chi connectivity index (χ3v) is 4.62. The number of unbranched alkanes of at least 4 members (excludes halogenated alkanes) is 4. The van der Waals surface area contributed by atoms with Crippen LogP contribution in [0.5, 0.6) is 0 Å². The van der Waals surface area contributed by atoms with Gasteiger partial charge in [-0.2, -0.15) is 0 Å². The summed E-state index contributed by atoms with van der Waals surface area (Å²) < 4.78 is 11.5. The normalized spacial score (nSPS) is 19.9. The second-order valence-corrected chi connectivity index (χ2v) is 6.09. The molecule has 0 spiro atoms. The van der Waals surface area contributed by atoms with Crippen LogP contribution in [-0.2, 0) is 9.47 Å². The van der Waals surface area contributed by atoms with Crippen LogP contribution in [0.3, 0.4) is 0 Å². The van der Waals surface area contributed by atoms with E-state index in [-0.39, 0.29) is 5.60 Å². The average Bonchev–Trinajstić information content (AvgIpc) is 2.50. The molecule has 1 unspecified atom stereocenters. The van der Waals surface area contributed by atoms with E-state index in [0.717, 1.165) is 32.6 Å². The lowest BCUT2D eigenvalue weighted by Gasteiger charge is -2.43. The molecule has 1 heterocycles. The predicted molar refractivity (Wildman–Crippen MR) is 85.3 cm³/mol. The second-order valence-electron chi connectivity index (χ2n) is 6.09. The topological polar surface area (TPSA) is 30.5 Å². The minimum atomic E-state index is -0.00181. The zero-order valence-electron chi connectivity index (χ0n) is 13.9. The van der Waals surface area contributed by atoms with Gasteiger partial charge in [-0.1, -0.05) is 46.0 Å².